The molecule has 0 amide bonds. The van der Waals surface area contributed by atoms with Gasteiger partial charge in [0.1, 0.15) is 5.78 Å². The number of hydrogen-bond donors (Lipinski definition) is 0. The largest absolute Gasteiger partial charge is 0.375 e. The van der Waals surface area contributed by atoms with Crippen molar-refractivity contribution < 1.29 is 9.53 Å². The normalized spacial score (nSPS) is 40.7. The number of Topliss-reactive ketones (excluding diaryl/α,β-unsaturated/α-hetero) is 1. The van der Waals surface area contributed by atoms with Gasteiger partial charge in [-0.15, -0.1) is 0 Å². The fraction of sp³-hybridized carbons (Fsp3) is 0.923. The van der Waals surface area contributed by atoms with Crippen LogP contribution in [0.25, 0.3) is 0 Å². The number of ether oxygens (including phenoxy) is 1. The molecule has 1 saturated carbocycles. The van der Waals surface area contributed by atoms with Crippen LogP contribution in [0.15, 0.2) is 0 Å². The van der Waals surface area contributed by atoms with Crippen LogP contribution in [0.4, 0.5) is 0 Å². The van der Waals surface area contributed by atoms with E-state index in [9.17, 15) is 4.79 Å². The minimum atomic E-state index is 0.127. The van der Waals surface area contributed by atoms with Crippen molar-refractivity contribution in [2.45, 2.75) is 58.7 Å². The van der Waals surface area contributed by atoms with Crippen molar-refractivity contribution in [3.8, 4) is 0 Å². The third-order valence-electron chi connectivity index (χ3n) is 4.11. The molecule has 1 heterocycles. The topological polar surface area (TPSA) is 26.3 Å². The van der Waals surface area contributed by atoms with Crippen molar-refractivity contribution in [2.24, 2.45) is 17.8 Å². The summed E-state index contributed by atoms with van der Waals surface area (Å²) < 4.78 is 5.71. The SMILES string of the molecule is CC1OC(C)C(C(=O)CCC2CC2)C1C. The van der Waals surface area contributed by atoms with Crippen LogP contribution >= 0.6 is 0 Å². The summed E-state index contributed by atoms with van der Waals surface area (Å²) in [6, 6.07) is 0. The lowest BCUT2D eigenvalue weighted by Gasteiger charge is -2.16. The molecule has 2 rings (SSSR count). The minimum absolute atomic E-state index is 0.127. The van der Waals surface area contributed by atoms with Gasteiger partial charge in [-0.2, -0.15) is 0 Å². The maximum absolute atomic E-state index is 12.1. The minimum Gasteiger partial charge on any atom is -0.375 e. The first-order valence-electron chi connectivity index (χ1n) is 6.27. The molecule has 0 N–H and O–H groups in total. The molecule has 2 heteroatoms. The van der Waals surface area contributed by atoms with Gasteiger partial charge in [0, 0.05) is 12.3 Å². The summed E-state index contributed by atoms with van der Waals surface area (Å²) in [5, 5.41) is 0. The summed E-state index contributed by atoms with van der Waals surface area (Å²) in [5.74, 6) is 1.84. The highest BCUT2D eigenvalue weighted by Crippen LogP contribution is 2.37. The van der Waals surface area contributed by atoms with E-state index in [4.69, 9.17) is 4.74 Å². The Kier molecular flexibility index (Phi) is 3.15. The second-order valence-electron chi connectivity index (χ2n) is 5.38. The van der Waals surface area contributed by atoms with E-state index in [0.717, 1.165) is 18.8 Å². The number of hydrogen-bond acceptors (Lipinski definition) is 2. The van der Waals surface area contributed by atoms with E-state index >= 15 is 0 Å². The highest BCUT2D eigenvalue weighted by atomic mass is 16.5. The van der Waals surface area contributed by atoms with Crippen LogP contribution in [-0.4, -0.2) is 18.0 Å². The second kappa shape index (κ2) is 4.25. The molecule has 1 aliphatic heterocycles. The lowest BCUT2D eigenvalue weighted by Crippen LogP contribution is -2.26. The van der Waals surface area contributed by atoms with Crippen LogP contribution in [0, 0.1) is 17.8 Å². The van der Waals surface area contributed by atoms with Gasteiger partial charge in [0.15, 0.2) is 0 Å². The van der Waals surface area contributed by atoms with Gasteiger partial charge in [-0.05, 0) is 32.1 Å². The maximum atomic E-state index is 12.1. The van der Waals surface area contributed by atoms with Crippen LogP contribution < -0.4 is 0 Å². The van der Waals surface area contributed by atoms with E-state index in [1.807, 2.05) is 6.92 Å². The zero-order chi connectivity index (χ0) is 11.0. The quantitative estimate of drug-likeness (QED) is 0.713. The molecular formula is C13H22O2. The highest BCUT2D eigenvalue weighted by molar-refractivity contribution is 5.82. The van der Waals surface area contributed by atoms with Crippen LogP contribution in [0.3, 0.4) is 0 Å². The lowest BCUT2D eigenvalue weighted by molar-refractivity contribution is -0.125. The van der Waals surface area contributed by atoms with Crippen LogP contribution in [0.5, 0.6) is 0 Å². The molecule has 1 saturated heterocycles. The van der Waals surface area contributed by atoms with Crippen molar-refractivity contribution >= 4 is 5.78 Å². The summed E-state index contributed by atoms with van der Waals surface area (Å²) in [6.07, 6.45) is 4.95. The van der Waals surface area contributed by atoms with E-state index in [1.165, 1.54) is 12.8 Å². The Morgan fingerprint density at radius 1 is 1.20 bits per heavy atom. The van der Waals surface area contributed by atoms with Gasteiger partial charge < -0.3 is 4.74 Å². The fourth-order valence-electron chi connectivity index (χ4n) is 2.74. The Hall–Kier alpha value is -0.370. The van der Waals surface area contributed by atoms with Crippen molar-refractivity contribution in [2.75, 3.05) is 0 Å². The standard InChI is InChI=1S/C13H22O2/c1-8-9(2)15-10(3)13(8)12(14)7-6-11-4-5-11/h8-11,13H,4-7H2,1-3H3. The molecule has 0 radical (unpaired) electrons. The average Bonchev–Trinajstić information content (AvgIpc) is 2.94. The molecule has 0 spiro atoms. The Morgan fingerprint density at radius 3 is 2.33 bits per heavy atom. The molecule has 15 heavy (non-hydrogen) atoms. The fourth-order valence-corrected chi connectivity index (χ4v) is 2.74. The van der Waals surface area contributed by atoms with Crippen LogP contribution in [-0.2, 0) is 9.53 Å². The molecule has 1 aliphatic carbocycles. The van der Waals surface area contributed by atoms with Gasteiger partial charge >= 0.3 is 0 Å². The molecule has 0 aromatic rings. The summed E-state index contributed by atoms with van der Waals surface area (Å²) >= 11 is 0. The van der Waals surface area contributed by atoms with Crippen molar-refractivity contribution in [3.63, 3.8) is 0 Å². The van der Waals surface area contributed by atoms with Crippen molar-refractivity contribution in [1.82, 2.24) is 0 Å². The summed E-state index contributed by atoms with van der Waals surface area (Å²) in [4.78, 5) is 12.1. The molecule has 2 nitrogen and oxygen atoms in total. The summed E-state index contributed by atoms with van der Waals surface area (Å²) in [5.41, 5.74) is 0. The number of carbonyl (C=O) groups excluding carboxylic acids is 1. The van der Waals surface area contributed by atoms with Gasteiger partial charge in [0.05, 0.1) is 12.2 Å². The summed E-state index contributed by atoms with van der Waals surface area (Å²) in [7, 11) is 0. The Balaban J connectivity index is 1.87. The molecule has 0 aromatic heterocycles. The van der Waals surface area contributed by atoms with E-state index in [-0.39, 0.29) is 18.1 Å². The van der Waals surface area contributed by atoms with Gasteiger partial charge in [-0.1, -0.05) is 19.8 Å². The third kappa shape index (κ3) is 2.41. The number of rotatable bonds is 4. The molecule has 2 aliphatic rings. The van der Waals surface area contributed by atoms with Gasteiger partial charge in [-0.25, -0.2) is 0 Å². The first-order chi connectivity index (χ1) is 7.09. The Labute approximate surface area is 92.4 Å². The van der Waals surface area contributed by atoms with Crippen molar-refractivity contribution in [3.05, 3.63) is 0 Å². The molecule has 86 valence electrons. The predicted molar refractivity (Wildman–Crippen MR) is 59.6 cm³/mol. The van der Waals surface area contributed by atoms with E-state index in [0.29, 0.717) is 11.7 Å². The van der Waals surface area contributed by atoms with E-state index in [2.05, 4.69) is 13.8 Å². The molecule has 4 unspecified atom stereocenters. The van der Waals surface area contributed by atoms with Gasteiger partial charge in [-0.3, -0.25) is 4.79 Å². The lowest BCUT2D eigenvalue weighted by atomic mass is 9.84. The molecule has 0 bridgehead atoms. The number of ketones is 1. The third-order valence-corrected chi connectivity index (χ3v) is 4.11. The first kappa shape index (κ1) is 11.1. The van der Waals surface area contributed by atoms with E-state index < -0.39 is 0 Å². The summed E-state index contributed by atoms with van der Waals surface area (Å²) in [6.45, 7) is 6.27. The molecular weight excluding hydrogens is 188 g/mol. The van der Waals surface area contributed by atoms with E-state index in [1.54, 1.807) is 0 Å². The second-order valence-corrected chi connectivity index (χ2v) is 5.38. The monoisotopic (exact) mass is 210 g/mol. The number of carbonyl (C=O) groups is 1. The molecule has 4 atom stereocenters. The zero-order valence-electron chi connectivity index (χ0n) is 10.0. The smallest absolute Gasteiger partial charge is 0.138 e. The average molecular weight is 210 g/mol. The zero-order valence-corrected chi connectivity index (χ0v) is 10.0. The van der Waals surface area contributed by atoms with Gasteiger partial charge in [0.2, 0.25) is 0 Å². The predicted octanol–water partition coefficient (Wildman–Crippen LogP) is 2.81. The first-order valence-corrected chi connectivity index (χ1v) is 6.27. The van der Waals surface area contributed by atoms with Gasteiger partial charge in [0.25, 0.3) is 0 Å². The Bertz CT molecular complexity index is 245. The van der Waals surface area contributed by atoms with Crippen LogP contribution in [0.2, 0.25) is 0 Å². The highest BCUT2D eigenvalue weighted by Gasteiger charge is 2.41. The Morgan fingerprint density at radius 2 is 1.87 bits per heavy atom. The van der Waals surface area contributed by atoms with Crippen molar-refractivity contribution in [1.29, 1.82) is 0 Å². The van der Waals surface area contributed by atoms with Crippen LogP contribution in [0.1, 0.15) is 46.5 Å². The molecule has 2 fully saturated rings. The maximum Gasteiger partial charge on any atom is 0.138 e. The molecule has 0 aromatic carbocycles.